The summed E-state index contributed by atoms with van der Waals surface area (Å²) in [5.74, 6) is 0. The van der Waals surface area contributed by atoms with Crippen molar-refractivity contribution in [2.45, 2.75) is 70.4 Å². The van der Waals surface area contributed by atoms with Gasteiger partial charge in [-0.25, -0.2) is 0 Å². The third kappa shape index (κ3) is 2.54. The minimum atomic E-state index is -0.412. The molecule has 2 fully saturated rings. The molecule has 15 heavy (non-hydrogen) atoms. The number of hydrogen-bond donors (Lipinski definition) is 2. The predicted octanol–water partition coefficient (Wildman–Crippen LogP) is 2.46. The molecule has 88 valence electrons. The first-order chi connectivity index (χ1) is 7.02. The summed E-state index contributed by atoms with van der Waals surface area (Å²) in [5.41, 5.74) is 0.0212. The molecule has 0 amide bonds. The van der Waals surface area contributed by atoms with Gasteiger partial charge in [0.25, 0.3) is 0 Å². The van der Waals surface area contributed by atoms with Crippen LogP contribution in [0.25, 0.3) is 0 Å². The molecule has 2 aliphatic rings. The maximum Gasteiger partial charge on any atom is 0.0800 e. The molecule has 2 unspecified atom stereocenters. The summed E-state index contributed by atoms with van der Waals surface area (Å²) >= 11 is 0. The molecule has 1 heterocycles. The molecular formula is C13H25NO. The highest BCUT2D eigenvalue weighted by atomic mass is 16.3. The summed E-state index contributed by atoms with van der Waals surface area (Å²) in [6, 6.07) is 0.367. The fraction of sp³-hybridized carbons (Fsp3) is 1.00. The van der Waals surface area contributed by atoms with Crippen molar-refractivity contribution < 1.29 is 5.11 Å². The van der Waals surface area contributed by atoms with Crippen molar-refractivity contribution in [1.82, 2.24) is 5.32 Å². The first-order valence-corrected chi connectivity index (χ1v) is 6.48. The van der Waals surface area contributed by atoms with Crippen LogP contribution in [0.1, 0.15) is 58.8 Å². The summed E-state index contributed by atoms with van der Waals surface area (Å²) in [5, 5.41) is 14.2. The van der Waals surface area contributed by atoms with E-state index in [1.54, 1.807) is 0 Å². The molecule has 0 aromatic heterocycles. The van der Waals surface area contributed by atoms with Crippen LogP contribution in [0.2, 0.25) is 0 Å². The zero-order valence-electron chi connectivity index (χ0n) is 10.2. The summed E-state index contributed by atoms with van der Waals surface area (Å²) < 4.78 is 0. The van der Waals surface area contributed by atoms with Crippen molar-refractivity contribution in [1.29, 1.82) is 0 Å². The summed E-state index contributed by atoms with van der Waals surface area (Å²) in [4.78, 5) is 0. The molecule has 2 atom stereocenters. The first kappa shape index (κ1) is 11.4. The predicted molar refractivity (Wildman–Crippen MR) is 62.8 cm³/mol. The van der Waals surface area contributed by atoms with E-state index in [2.05, 4.69) is 19.2 Å². The van der Waals surface area contributed by atoms with E-state index >= 15 is 0 Å². The van der Waals surface area contributed by atoms with Crippen molar-refractivity contribution >= 4 is 0 Å². The van der Waals surface area contributed by atoms with Crippen molar-refractivity contribution in [3.8, 4) is 0 Å². The Hall–Kier alpha value is -0.0800. The van der Waals surface area contributed by atoms with Crippen LogP contribution in [0, 0.1) is 5.41 Å². The fourth-order valence-corrected chi connectivity index (χ4v) is 3.17. The van der Waals surface area contributed by atoms with E-state index in [0.29, 0.717) is 11.5 Å². The quantitative estimate of drug-likeness (QED) is 0.653. The Balaban J connectivity index is 2.02. The molecule has 1 saturated carbocycles. The van der Waals surface area contributed by atoms with Gasteiger partial charge in [0.1, 0.15) is 0 Å². The van der Waals surface area contributed by atoms with E-state index in [0.717, 1.165) is 25.8 Å². The van der Waals surface area contributed by atoms with E-state index in [9.17, 15) is 5.11 Å². The second-order valence-corrected chi connectivity index (χ2v) is 6.27. The smallest absolute Gasteiger partial charge is 0.0800 e. The van der Waals surface area contributed by atoms with Gasteiger partial charge in [-0.1, -0.05) is 20.3 Å². The van der Waals surface area contributed by atoms with E-state index in [4.69, 9.17) is 0 Å². The van der Waals surface area contributed by atoms with Gasteiger partial charge < -0.3 is 10.4 Å². The Kier molecular flexibility index (Phi) is 3.09. The van der Waals surface area contributed by atoms with Gasteiger partial charge in [-0.2, -0.15) is 0 Å². The molecule has 2 heteroatoms. The van der Waals surface area contributed by atoms with Gasteiger partial charge in [0.15, 0.2) is 0 Å². The van der Waals surface area contributed by atoms with Crippen molar-refractivity contribution in [2.75, 3.05) is 6.54 Å². The van der Waals surface area contributed by atoms with Crippen LogP contribution in [0.5, 0.6) is 0 Å². The lowest BCUT2D eigenvalue weighted by Gasteiger charge is -2.34. The van der Waals surface area contributed by atoms with Gasteiger partial charge in [0.05, 0.1) is 5.60 Å². The van der Waals surface area contributed by atoms with Crippen LogP contribution in [-0.4, -0.2) is 23.3 Å². The monoisotopic (exact) mass is 211 g/mol. The van der Waals surface area contributed by atoms with Crippen molar-refractivity contribution in [3.63, 3.8) is 0 Å². The second kappa shape index (κ2) is 4.06. The third-order valence-electron chi connectivity index (χ3n) is 4.41. The summed E-state index contributed by atoms with van der Waals surface area (Å²) in [6.45, 7) is 5.76. The summed E-state index contributed by atoms with van der Waals surface area (Å²) in [6.07, 6.45) is 7.99. The number of nitrogens with one attached hydrogen (secondary N) is 1. The molecule has 1 aliphatic carbocycles. The van der Waals surface area contributed by atoms with Gasteiger partial charge >= 0.3 is 0 Å². The van der Waals surface area contributed by atoms with Gasteiger partial charge in [-0.05, 0) is 50.5 Å². The first-order valence-electron chi connectivity index (χ1n) is 6.48. The average molecular weight is 211 g/mol. The van der Waals surface area contributed by atoms with Gasteiger partial charge in [0.2, 0.25) is 0 Å². The Morgan fingerprint density at radius 2 is 1.87 bits per heavy atom. The average Bonchev–Trinajstić information content (AvgIpc) is 2.64. The van der Waals surface area contributed by atoms with Crippen LogP contribution in [0.3, 0.4) is 0 Å². The standard InChI is InChI=1S/C13H25NO/c1-12(2)6-4-7-13(15,9-8-12)11-5-3-10-14-11/h11,14-15H,3-10H2,1-2H3. The maximum atomic E-state index is 10.7. The SMILES string of the molecule is CC1(C)CCCC(O)(C2CCCN2)CC1. The Bertz CT molecular complexity index is 221. The maximum absolute atomic E-state index is 10.7. The molecule has 2 nitrogen and oxygen atoms in total. The molecule has 0 radical (unpaired) electrons. The zero-order valence-corrected chi connectivity index (χ0v) is 10.2. The fourth-order valence-electron chi connectivity index (χ4n) is 3.17. The second-order valence-electron chi connectivity index (χ2n) is 6.27. The molecule has 0 aromatic carbocycles. The topological polar surface area (TPSA) is 32.3 Å². The van der Waals surface area contributed by atoms with Gasteiger partial charge in [0, 0.05) is 6.04 Å². The van der Waals surface area contributed by atoms with Crippen LogP contribution in [0.4, 0.5) is 0 Å². The Morgan fingerprint density at radius 3 is 2.53 bits per heavy atom. The lowest BCUT2D eigenvalue weighted by molar-refractivity contribution is -0.00873. The van der Waals surface area contributed by atoms with Crippen LogP contribution >= 0.6 is 0 Å². The molecule has 0 aromatic rings. The van der Waals surface area contributed by atoms with Crippen molar-refractivity contribution in [2.24, 2.45) is 5.41 Å². The van der Waals surface area contributed by atoms with Crippen LogP contribution in [-0.2, 0) is 0 Å². The van der Waals surface area contributed by atoms with Crippen LogP contribution in [0.15, 0.2) is 0 Å². The number of rotatable bonds is 1. The Labute approximate surface area is 93.5 Å². The molecular weight excluding hydrogens is 186 g/mol. The normalized spacial score (nSPS) is 41.4. The highest BCUT2D eigenvalue weighted by Gasteiger charge is 2.40. The largest absolute Gasteiger partial charge is 0.388 e. The molecule has 0 spiro atoms. The molecule has 1 aliphatic heterocycles. The van der Waals surface area contributed by atoms with Gasteiger partial charge in [-0.15, -0.1) is 0 Å². The van der Waals surface area contributed by atoms with Gasteiger partial charge in [-0.3, -0.25) is 0 Å². The minimum Gasteiger partial charge on any atom is -0.388 e. The highest BCUT2D eigenvalue weighted by Crippen LogP contribution is 2.40. The highest BCUT2D eigenvalue weighted by molar-refractivity contribution is 4.97. The third-order valence-corrected chi connectivity index (χ3v) is 4.41. The van der Waals surface area contributed by atoms with E-state index in [-0.39, 0.29) is 0 Å². The minimum absolute atomic E-state index is 0.367. The van der Waals surface area contributed by atoms with E-state index in [1.807, 2.05) is 0 Å². The zero-order chi connectivity index (χ0) is 10.9. The Morgan fingerprint density at radius 1 is 1.07 bits per heavy atom. The lowest BCUT2D eigenvalue weighted by atomic mass is 9.82. The molecule has 2 N–H and O–H groups in total. The van der Waals surface area contributed by atoms with Crippen molar-refractivity contribution in [3.05, 3.63) is 0 Å². The lowest BCUT2D eigenvalue weighted by Crippen LogP contribution is -2.47. The number of aliphatic hydroxyl groups is 1. The van der Waals surface area contributed by atoms with E-state index in [1.165, 1.54) is 25.7 Å². The van der Waals surface area contributed by atoms with Crippen LogP contribution < -0.4 is 5.32 Å². The molecule has 0 bridgehead atoms. The van der Waals surface area contributed by atoms with E-state index < -0.39 is 5.60 Å². The molecule has 2 rings (SSSR count). The number of hydrogen-bond acceptors (Lipinski definition) is 2. The molecule has 1 saturated heterocycles. The summed E-state index contributed by atoms with van der Waals surface area (Å²) in [7, 11) is 0.